The van der Waals surface area contributed by atoms with E-state index in [9.17, 15) is 9.59 Å². The number of hydrogen-bond donors (Lipinski definition) is 0. The largest absolute Gasteiger partial charge is 0.466 e. The van der Waals surface area contributed by atoms with Crippen LogP contribution in [0.25, 0.3) is 0 Å². The van der Waals surface area contributed by atoms with Gasteiger partial charge < -0.3 is 14.4 Å². The lowest BCUT2D eigenvalue weighted by Crippen LogP contribution is -2.51. The third kappa shape index (κ3) is 2.81. The first-order chi connectivity index (χ1) is 13.0. The van der Waals surface area contributed by atoms with E-state index in [1.807, 2.05) is 0 Å². The fourth-order valence-electron chi connectivity index (χ4n) is 6.32. The van der Waals surface area contributed by atoms with Crippen molar-refractivity contribution in [2.45, 2.75) is 69.9 Å². The van der Waals surface area contributed by atoms with Crippen LogP contribution in [0.15, 0.2) is 0 Å². The first-order valence-corrected chi connectivity index (χ1v) is 10.5. The summed E-state index contributed by atoms with van der Waals surface area (Å²) in [5, 5.41) is 0. The maximum atomic E-state index is 12.4. The number of carbonyl (C=O) groups excluding carboxylic acids is 2. The summed E-state index contributed by atoms with van der Waals surface area (Å²) in [6.45, 7) is 3.26. The average molecular weight is 379 g/mol. The zero-order valence-corrected chi connectivity index (χ0v) is 16.0. The number of hydrogen-bond acceptors (Lipinski definition) is 6. The summed E-state index contributed by atoms with van der Waals surface area (Å²) in [6.07, 6.45) is 6.51. The van der Waals surface area contributed by atoms with E-state index in [1.165, 1.54) is 25.7 Å². The molecule has 7 nitrogen and oxygen atoms in total. The van der Waals surface area contributed by atoms with Gasteiger partial charge in [-0.05, 0) is 44.4 Å². The first kappa shape index (κ1) is 17.9. The van der Waals surface area contributed by atoms with E-state index in [4.69, 9.17) is 19.2 Å². The summed E-state index contributed by atoms with van der Waals surface area (Å²) < 4.78 is 11.5. The lowest BCUT2D eigenvalue weighted by Gasteiger charge is -2.41. The maximum absolute atomic E-state index is 12.4. The zero-order chi connectivity index (χ0) is 18.6. The molecule has 6 rings (SSSR count). The Balaban J connectivity index is 1.17. The molecule has 2 aliphatic heterocycles. The molecule has 0 N–H and O–H groups in total. The quantitative estimate of drug-likeness (QED) is 0.552. The Kier molecular flexibility index (Phi) is 4.26. The highest BCUT2D eigenvalue weighted by molar-refractivity contribution is 5.81. The third-order valence-corrected chi connectivity index (χ3v) is 7.48. The number of ether oxygens (including phenoxy) is 2. The van der Waals surface area contributed by atoms with Crippen LogP contribution in [0.5, 0.6) is 0 Å². The molecule has 6 aliphatic rings. The van der Waals surface area contributed by atoms with Gasteiger partial charge in [-0.2, -0.15) is 9.78 Å². The molecule has 7 heteroatoms. The minimum absolute atomic E-state index is 0.00918. The lowest BCUT2D eigenvalue weighted by molar-refractivity contribution is -0.370. The molecule has 0 aromatic carbocycles. The van der Waals surface area contributed by atoms with E-state index in [1.54, 1.807) is 11.8 Å². The number of esters is 1. The number of rotatable bonds is 4. The Morgan fingerprint density at radius 2 is 1.89 bits per heavy atom. The van der Waals surface area contributed by atoms with Crippen LogP contribution in [0.1, 0.15) is 58.3 Å². The SMILES string of the molecule is CCOC(=O)CCC(=O)N1CCC2(CC1)OOC1(O2)C2CC3CC(C2)C1C3. The van der Waals surface area contributed by atoms with E-state index >= 15 is 0 Å². The molecular weight excluding hydrogens is 350 g/mol. The molecule has 0 radical (unpaired) electrons. The molecule has 0 aromatic heterocycles. The fourth-order valence-corrected chi connectivity index (χ4v) is 6.32. The van der Waals surface area contributed by atoms with Crippen molar-refractivity contribution in [2.24, 2.45) is 23.7 Å². The van der Waals surface area contributed by atoms with Gasteiger partial charge >= 0.3 is 5.97 Å². The van der Waals surface area contributed by atoms with Gasteiger partial charge in [0.25, 0.3) is 0 Å². The van der Waals surface area contributed by atoms with Crippen molar-refractivity contribution in [3.8, 4) is 0 Å². The lowest BCUT2D eigenvalue weighted by atomic mass is 9.78. The van der Waals surface area contributed by atoms with Crippen molar-refractivity contribution >= 4 is 11.9 Å². The molecular formula is C20H29NO6. The van der Waals surface area contributed by atoms with Gasteiger partial charge in [0.15, 0.2) is 0 Å². The Bertz CT molecular complexity index is 626. The van der Waals surface area contributed by atoms with Gasteiger partial charge in [-0.1, -0.05) is 0 Å². The molecule has 6 fully saturated rings. The van der Waals surface area contributed by atoms with E-state index in [-0.39, 0.29) is 24.7 Å². The van der Waals surface area contributed by atoms with Crippen LogP contribution >= 0.6 is 0 Å². The molecule has 2 saturated heterocycles. The topological polar surface area (TPSA) is 74.3 Å². The van der Waals surface area contributed by atoms with Crippen LogP contribution in [0.2, 0.25) is 0 Å². The van der Waals surface area contributed by atoms with E-state index in [0.29, 0.717) is 44.4 Å². The van der Waals surface area contributed by atoms with Gasteiger partial charge in [0.1, 0.15) is 0 Å². The van der Waals surface area contributed by atoms with Gasteiger partial charge in [0.2, 0.25) is 17.5 Å². The highest BCUT2D eigenvalue weighted by atomic mass is 17.3. The van der Waals surface area contributed by atoms with Crippen LogP contribution in [-0.2, 0) is 28.8 Å². The van der Waals surface area contributed by atoms with Crippen molar-refractivity contribution in [1.82, 2.24) is 4.90 Å². The Labute approximate surface area is 159 Å². The zero-order valence-electron chi connectivity index (χ0n) is 16.0. The van der Waals surface area contributed by atoms with E-state index < -0.39 is 11.6 Å². The van der Waals surface area contributed by atoms with E-state index in [0.717, 1.165) is 11.8 Å². The second-order valence-electron chi connectivity index (χ2n) is 8.96. The van der Waals surface area contributed by atoms with Crippen molar-refractivity contribution in [1.29, 1.82) is 0 Å². The van der Waals surface area contributed by atoms with Gasteiger partial charge in [-0.3, -0.25) is 9.59 Å². The molecule has 27 heavy (non-hydrogen) atoms. The number of piperidine rings is 1. The summed E-state index contributed by atoms with van der Waals surface area (Å²) in [5.74, 6) is 0.958. The minimum Gasteiger partial charge on any atom is -0.466 e. The maximum Gasteiger partial charge on any atom is 0.306 e. The molecule has 0 aromatic rings. The Hall–Kier alpha value is -1.18. The third-order valence-electron chi connectivity index (χ3n) is 7.48. The highest BCUT2D eigenvalue weighted by Crippen LogP contribution is 2.67. The van der Waals surface area contributed by atoms with Crippen molar-refractivity contribution in [3.05, 3.63) is 0 Å². The van der Waals surface area contributed by atoms with Gasteiger partial charge in [-0.25, -0.2) is 0 Å². The van der Waals surface area contributed by atoms with E-state index in [2.05, 4.69) is 0 Å². The molecule has 4 bridgehead atoms. The normalized spacial score (nSPS) is 41.0. The predicted octanol–water partition coefficient (Wildman–Crippen LogP) is 2.39. The molecule has 2 heterocycles. The van der Waals surface area contributed by atoms with Crippen molar-refractivity contribution in [3.63, 3.8) is 0 Å². The van der Waals surface area contributed by atoms with Crippen LogP contribution in [0.3, 0.4) is 0 Å². The summed E-state index contributed by atoms with van der Waals surface area (Å²) in [5.41, 5.74) is 0. The highest BCUT2D eigenvalue weighted by Gasteiger charge is 2.70. The molecule has 4 aliphatic carbocycles. The van der Waals surface area contributed by atoms with Gasteiger partial charge in [-0.15, -0.1) is 0 Å². The number of nitrogens with zero attached hydrogens (tertiary/aromatic N) is 1. The summed E-state index contributed by atoms with van der Waals surface area (Å²) in [4.78, 5) is 37.4. The van der Waals surface area contributed by atoms with Crippen LogP contribution in [0.4, 0.5) is 0 Å². The van der Waals surface area contributed by atoms with Crippen LogP contribution in [0, 0.1) is 23.7 Å². The summed E-state index contributed by atoms with van der Waals surface area (Å²) in [7, 11) is 0. The van der Waals surface area contributed by atoms with Crippen molar-refractivity contribution in [2.75, 3.05) is 19.7 Å². The fraction of sp³-hybridized carbons (Fsp3) is 0.900. The summed E-state index contributed by atoms with van der Waals surface area (Å²) in [6, 6.07) is 0. The van der Waals surface area contributed by atoms with Crippen LogP contribution < -0.4 is 0 Å². The van der Waals surface area contributed by atoms with Crippen LogP contribution in [-0.4, -0.2) is 48.0 Å². The Morgan fingerprint density at radius 3 is 2.63 bits per heavy atom. The second-order valence-corrected chi connectivity index (χ2v) is 8.96. The molecule has 150 valence electrons. The number of amides is 1. The predicted molar refractivity (Wildman–Crippen MR) is 92.8 cm³/mol. The van der Waals surface area contributed by atoms with Gasteiger partial charge in [0, 0.05) is 44.2 Å². The smallest absolute Gasteiger partial charge is 0.306 e. The standard InChI is InChI=1S/C20H29NO6/c1-2-24-18(23)4-3-17(22)21-7-5-19(6-8-21)25-20(27-26-19)15-10-13-9-14(12-15)16(20)11-13/h13-16H,2-12H2,1H3. The number of likely N-dealkylation sites (tertiary alicyclic amines) is 1. The summed E-state index contributed by atoms with van der Waals surface area (Å²) >= 11 is 0. The number of carbonyl (C=O) groups is 2. The monoisotopic (exact) mass is 379 g/mol. The second kappa shape index (κ2) is 6.42. The average Bonchev–Trinajstić information content (AvgIpc) is 3.24. The molecule has 1 amide bonds. The molecule has 5 atom stereocenters. The molecule has 5 unspecified atom stereocenters. The Morgan fingerprint density at radius 1 is 1.07 bits per heavy atom. The van der Waals surface area contributed by atoms with Crippen molar-refractivity contribution < 1.29 is 28.8 Å². The first-order valence-electron chi connectivity index (χ1n) is 10.5. The molecule has 4 saturated carbocycles. The molecule has 2 spiro atoms. The van der Waals surface area contributed by atoms with Gasteiger partial charge in [0.05, 0.1) is 13.0 Å². The minimum atomic E-state index is -0.708.